The van der Waals surface area contributed by atoms with Crippen LogP contribution in [-0.4, -0.2) is 18.1 Å². The van der Waals surface area contributed by atoms with Crippen LogP contribution in [0.25, 0.3) is 10.6 Å². The Morgan fingerprint density at radius 2 is 1.96 bits per heavy atom. The minimum absolute atomic E-state index is 0. The van der Waals surface area contributed by atoms with Crippen LogP contribution in [0.5, 0.6) is 5.75 Å². The Bertz CT molecular complexity index is 880. The van der Waals surface area contributed by atoms with E-state index in [0.29, 0.717) is 12.5 Å². The summed E-state index contributed by atoms with van der Waals surface area (Å²) in [6.07, 6.45) is 0. The fraction of sp³-hybridized carbons (Fsp3) is 0.158. The summed E-state index contributed by atoms with van der Waals surface area (Å²) in [6.45, 7) is 2.50. The minimum Gasteiger partial charge on any atom is -0.497 e. The Balaban J connectivity index is 0.00000243. The Labute approximate surface area is 174 Å². The second kappa shape index (κ2) is 9.54. The van der Waals surface area contributed by atoms with Crippen LogP contribution in [-0.2, 0) is 6.54 Å². The van der Waals surface area contributed by atoms with Crippen molar-refractivity contribution >= 4 is 47.0 Å². The van der Waals surface area contributed by atoms with Gasteiger partial charge in [-0.2, -0.15) is 0 Å². The second-order valence-electron chi connectivity index (χ2n) is 5.45. The van der Waals surface area contributed by atoms with Gasteiger partial charge in [0.25, 0.3) is 0 Å². The van der Waals surface area contributed by atoms with Crippen molar-refractivity contribution in [1.82, 2.24) is 4.98 Å². The molecule has 1 heterocycles. The highest BCUT2D eigenvalue weighted by atomic mass is 127. The van der Waals surface area contributed by atoms with Crippen LogP contribution in [0, 0.1) is 6.92 Å². The number of methoxy groups -OCH3 is 1. The molecule has 136 valence electrons. The highest BCUT2D eigenvalue weighted by molar-refractivity contribution is 14.0. The maximum atomic E-state index is 6.00. The second-order valence-corrected chi connectivity index (χ2v) is 6.54. The highest BCUT2D eigenvalue weighted by Crippen LogP contribution is 2.28. The molecule has 0 amide bonds. The third kappa shape index (κ3) is 5.18. The van der Waals surface area contributed by atoms with Crippen molar-refractivity contribution in [3.63, 3.8) is 0 Å². The number of hydrogen-bond donors (Lipinski definition) is 2. The lowest BCUT2D eigenvalue weighted by Crippen LogP contribution is -2.22. The van der Waals surface area contributed by atoms with E-state index in [2.05, 4.69) is 27.4 Å². The van der Waals surface area contributed by atoms with Gasteiger partial charge in [-0.05, 0) is 19.1 Å². The average molecular weight is 480 g/mol. The van der Waals surface area contributed by atoms with Gasteiger partial charge in [0.05, 0.1) is 19.3 Å². The molecule has 0 unspecified atom stereocenters. The fourth-order valence-corrected chi connectivity index (χ4v) is 3.32. The summed E-state index contributed by atoms with van der Waals surface area (Å²) in [5.74, 6) is 1.13. The van der Waals surface area contributed by atoms with E-state index in [1.165, 1.54) is 0 Å². The van der Waals surface area contributed by atoms with Crippen LogP contribution in [0.4, 0.5) is 5.69 Å². The number of aromatic nitrogens is 1. The smallest absolute Gasteiger partial charge is 0.193 e. The normalized spacial score (nSPS) is 10.9. The summed E-state index contributed by atoms with van der Waals surface area (Å²) in [7, 11) is 1.63. The molecule has 1 aromatic heterocycles. The zero-order valence-corrected chi connectivity index (χ0v) is 17.7. The molecule has 3 N–H and O–H groups in total. The lowest BCUT2D eigenvalue weighted by molar-refractivity contribution is 0.415. The quantitative estimate of drug-likeness (QED) is 0.316. The number of halogens is 1. The largest absolute Gasteiger partial charge is 0.497 e. The molecule has 0 fully saturated rings. The van der Waals surface area contributed by atoms with E-state index >= 15 is 0 Å². The molecule has 0 saturated carbocycles. The topological polar surface area (TPSA) is 72.5 Å². The summed E-state index contributed by atoms with van der Waals surface area (Å²) in [5, 5.41) is 4.08. The number of guanidine groups is 1. The van der Waals surface area contributed by atoms with Gasteiger partial charge < -0.3 is 15.8 Å². The highest BCUT2D eigenvalue weighted by Gasteiger charge is 2.09. The Hall–Kier alpha value is -2.13. The van der Waals surface area contributed by atoms with Crippen molar-refractivity contribution in [2.45, 2.75) is 13.5 Å². The van der Waals surface area contributed by atoms with E-state index in [1.807, 2.05) is 49.4 Å². The average Bonchev–Trinajstić information content (AvgIpc) is 3.02. The van der Waals surface area contributed by atoms with Crippen molar-refractivity contribution in [2.24, 2.45) is 10.7 Å². The van der Waals surface area contributed by atoms with Gasteiger partial charge in [-0.25, -0.2) is 9.98 Å². The molecule has 0 atom stereocenters. The molecule has 7 heteroatoms. The zero-order valence-electron chi connectivity index (χ0n) is 14.6. The van der Waals surface area contributed by atoms with Crippen molar-refractivity contribution in [1.29, 1.82) is 0 Å². The summed E-state index contributed by atoms with van der Waals surface area (Å²) < 4.78 is 5.20. The summed E-state index contributed by atoms with van der Waals surface area (Å²) in [5.41, 5.74) is 8.94. The molecule has 0 saturated heterocycles. The maximum absolute atomic E-state index is 6.00. The summed E-state index contributed by atoms with van der Waals surface area (Å²) in [6, 6.07) is 17.7. The number of nitrogens with zero attached hydrogens (tertiary/aromatic N) is 2. The predicted octanol–water partition coefficient (Wildman–Crippen LogP) is 4.67. The molecule has 3 aromatic rings. The van der Waals surface area contributed by atoms with Gasteiger partial charge in [0.2, 0.25) is 0 Å². The number of anilines is 1. The van der Waals surface area contributed by atoms with E-state index in [9.17, 15) is 0 Å². The molecular formula is C19H21IN4OS. The van der Waals surface area contributed by atoms with Gasteiger partial charge in [0.15, 0.2) is 5.96 Å². The fourth-order valence-electron chi connectivity index (χ4n) is 2.32. The molecule has 3 rings (SSSR count). The molecule has 0 aliphatic heterocycles. The molecule has 0 bridgehead atoms. The molecule has 0 radical (unpaired) electrons. The van der Waals surface area contributed by atoms with Crippen LogP contribution >= 0.6 is 35.3 Å². The first-order valence-electron chi connectivity index (χ1n) is 7.88. The number of nitrogens with two attached hydrogens (primary N) is 1. The number of nitrogens with one attached hydrogen (secondary N) is 1. The number of hydrogen-bond acceptors (Lipinski definition) is 4. The first-order valence-corrected chi connectivity index (χ1v) is 8.70. The van der Waals surface area contributed by atoms with Crippen LogP contribution < -0.4 is 15.8 Å². The molecule has 0 aliphatic rings. The molecule has 0 aliphatic carbocycles. The standard InChI is InChI=1S/C19H20N4OS.HI/c1-13-17(25-18(22-13)14-7-4-3-5-8-14)12-21-19(20)23-15-9-6-10-16(11-15)24-2;/h3-11H,12H2,1-2H3,(H3,20,21,23);1H. The van der Waals surface area contributed by atoms with Crippen LogP contribution in [0.3, 0.4) is 0 Å². The summed E-state index contributed by atoms with van der Waals surface area (Å²) >= 11 is 1.65. The monoisotopic (exact) mass is 480 g/mol. The summed E-state index contributed by atoms with van der Waals surface area (Å²) in [4.78, 5) is 10.2. The third-order valence-corrected chi connectivity index (χ3v) is 4.84. The number of benzene rings is 2. The molecular weight excluding hydrogens is 459 g/mol. The van der Waals surface area contributed by atoms with Crippen molar-refractivity contribution in [2.75, 3.05) is 12.4 Å². The number of ether oxygens (including phenoxy) is 1. The van der Waals surface area contributed by atoms with E-state index < -0.39 is 0 Å². The van der Waals surface area contributed by atoms with Crippen molar-refractivity contribution < 1.29 is 4.74 Å². The van der Waals surface area contributed by atoms with Gasteiger partial charge in [0, 0.05) is 22.2 Å². The number of rotatable bonds is 5. The Kier molecular flexibility index (Phi) is 7.40. The van der Waals surface area contributed by atoms with Crippen molar-refractivity contribution in [3.8, 4) is 16.3 Å². The molecule has 2 aromatic carbocycles. The van der Waals surface area contributed by atoms with Crippen LogP contribution in [0.1, 0.15) is 10.6 Å². The number of aryl methyl sites for hydroxylation is 1. The maximum Gasteiger partial charge on any atom is 0.193 e. The first-order chi connectivity index (χ1) is 12.2. The third-order valence-electron chi connectivity index (χ3n) is 3.65. The van der Waals surface area contributed by atoms with Crippen molar-refractivity contribution in [3.05, 3.63) is 65.2 Å². The van der Waals surface area contributed by atoms with Crippen LogP contribution in [0.15, 0.2) is 59.6 Å². The lowest BCUT2D eigenvalue weighted by Gasteiger charge is -2.07. The zero-order chi connectivity index (χ0) is 17.6. The van der Waals surface area contributed by atoms with Gasteiger partial charge in [-0.3, -0.25) is 0 Å². The lowest BCUT2D eigenvalue weighted by atomic mass is 10.2. The number of aliphatic imine (C=N–C) groups is 1. The minimum atomic E-state index is 0. The predicted molar refractivity (Wildman–Crippen MR) is 120 cm³/mol. The van der Waals surface area contributed by atoms with Gasteiger partial charge >= 0.3 is 0 Å². The SMILES string of the molecule is COc1cccc(NC(N)=NCc2sc(-c3ccccc3)nc2C)c1.I. The first kappa shape index (κ1) is 20.2. The van der Waals surface area contributed by atoms with Crippen LogP contribution in [0.2, 0.25) is 0 Å². The Morgan fingerprint density at radius 3 is 2.69 bits per heavy atom. The Morgan fingerprint density at radius 1 is 1.19 bits per heavy atom. The molecule has 26 heavy (non-hydrogen) atoms. The molecule has 5 nitrogen and oxygen atoms in total. The van der Waals surface area contributed by atoms with E-state index in [4.69, 9.17) is 10.5 Å². The van der Waals surface area contributed by atoms with E-state index in [1.54, 1.807) is 18.4 Å². The van der Waals surface area contributed by atoms with E-state index in [0.717, 1.165) is 32.6 Å². The van der Waals surface area contributed by atoms with Gasteiger partial charge in [-0.1, -0.05) is 36.4 Å². The van der Waals surface area contributed by atoms with Gasteiger partial charge in [-0.15, -0.1) is 35.3 Å². The molecule has 0 spiro atoms. The number of thiazole rings is 1. The van der Waals surface area contributed by atoms with E-state index in [-0.39, 0.29) is 24.0 Å². The van der Waals surface area contributed by atoms with Gasteiger partial charge in [0.1, 0.15) is 10.8 Å².